The highest BCUT2D eigenvalue weighted by Gasteiger charge is 2.15. The lowest BCUT2D eigenvalue weighted by atomic mass is 9.88. The van der Waals surface area contributed by atoms with Crippen LogP contribution in [0, 0.1) is 0 Å². The van der Waals surface area contributed by atoms with Crippen molar-refractivity contribution in [1.29, 1.82) is 0 Å². The van der Waals surface area contributed by atoms with Crippen molar-refractivity contribution < 1.29 is 14.6 Å². The second-order valence-corrected chi connectivity index (χ2v) is 9.73. The minimum atomic E-state index is -0.617. The summed E-state index contributed by atoms with van der Waals surface area (Å²) in [5.74, 6) is 0.0521. The zero-order valence-corrected chi connectivity index (χ0v) is 24.4. The number of hydrogen-bond donors (Lipinski definition) is 3. The van der Waals surface area contributed by atoms with Gasteiger partial charge in [0, 0.05) is 23.7 Å². The van der Waals surface area contributed by atoms with Crippen molar-refractivity contribution in [1.82, 2.24) is 5.32 Å². The Labute approximate surface area is 254 Å². The summed E-state index contributed by atoms with van der Waals surface area (Å²) < 4.78 is 5.08. The summed E-state index contributed by atoms with van der Waals surface area (Å²) in [5, 5.41) is 13.2. The van der Waals surface area contributed by atoms with Gasteiger partial charge in [0.15, 0.2) is 0 Å². The molecule has 0 radical (unpaired) electrons. The molecule has 0 aliphatic rings. The Hall–Kier alpha value is -4.58. The lowest BCUT2D eigenvalue weighted by Crippen LogP contribution is -2.21. The average Bonchev–Trinajstić information content (AvgIpc) is 3.01. The molecule has 0 amide bonds. The second-order valence-electron chi connectivity index (χ2n) is 9.73. The molecule has 0 aliphatic heterocycles. The van der Waals surface area contributed by atoms with Crippen LogP contribution in [0.5, 0.6) is 11.5 Å². The first-order valence-electron chi connectivity index (χ1n) is 13.7. The van der Waals surface area contributed by atoms with Crippen LogP contribution in [0.2, 0.25) is 0 Å². The predicted molar refractivity (Wildman–Crippen MR) is 173 cm³/mol. The quantitative estimate of drug-likeness (QED) is 0.0930. The number of nitrogens with two attached hydrogens (primary N) is 1. The van der Waals surface area contributed by atoms with Gasteiger partial charge in [0.2, 0.25) is 0 Å². The van der Waals surface area contributed by atoms with Gasteiger partial charge in [0.05, 0.1) is 0 Å². The second kappa shape index (κ2) is 16.6. The number of anilines is 1. The number of ether oxygens (including phenoxy) is 1. The Kier molecular flexibility index (Phi) is 12.6. The van der Waals surface area contributed by atoms with E-state index in [-0.39, 0.29) is 23.7 Å². The number of para-hydroxylation sites is 1. The molecule has 0 bridgehead atoms. The minimum absolute atomic E-state index is 0. The fourth-order valence-electron chi connectivity index (χ4n) is 4.57. The van der Waals surface area contributed by atoms with E-state index >= 15 is 0 Å². The molecule has 6 heteroatoms. The number of phenolic OH excluding ortho intramolecular Hbond substituents is 1. The van der Waals surface area contributed by atoms with Gasteiger partial charge in [-0.1, -0.05) is 109 Å². The maximum atomic E-state index is 11.7. The Morgan fingerprint density at radius 1 is 0.738 bits per heavy atom. The van der Waals surface area contributed by atoms with Crippen LogP contribution in [0.3, 0.4) is 0 Å². The molecule has 5 aromatic carbocycles. The van der Waals surface area contributed by atoms with E-state index in [1.807, 2.05) is 6.07 Å². The number of carbonyl (C=O) groups excluding carboxylic acids is 1. The summed E-state index contributed by atoms with van der Waals surface area (Å²) in [4.78, 5) is 11.7. The summed E-state index contributed by atoms with van der Waals surface area (Å²) >= 11 is 0. The molecule has 0 saturated heterocycles. The Bertz CT molecular complexity index is 1440. The summed E-state index contributed by atoms with van der Waals surface area (Å²) in [6.45, 7) is 3.22. The first-order valence-corrected chi connectivity index (χ1v) is 13.7. The fourth-order valence-corrected chi connectivity index (χ4v) is 4.57. The highest BCUT2D eigenvalue weighted by molar-refractivity contribution is 5.94. The van der Waals surface area contributed by atoms with Crippen LogP contribution in [0.4, 0.5) is 5.69 Å². The first-order chi connectivity index (χ1) is 20.0. The molecule has 0 heterocycles. The highest BCUT2D eigenvalue weighted by Crippen LogP contribution is 2.28. The Morgan fingerprint density at radius 3 is 1.71 bits per heavy atom. The van der Waals surface area contributed by atoms with Gasteiger partial charge in [-0.05, 0) is 60.8 Å². The third-order valence-electron chi connectivity index (χ3n) is 6.78. The van der Waals surface area contributed by atoms with Gasteiger partial charge < -0.3 is 20.9 Å². The van der Waals surface area contributed by atoms with Crippen LogP contribution < -0.4 is 15.8 Å². The molecule has 0 saturated carbocycles. The van der Waals surface area contributed by atoms with Gasteiger partial charge in [-0.2, -0.15) is 0 Å². The Morgan fingerprint density at radius 2 is 1.21 bits per heavy atom. The van der Waals surface area contributed by atoms with Crippen LogP contribution in [0.1, 0.15) is 52.4 Å². The number of benzene rings is 5. The topological polar surface area (TPSA) is 84.6 Å². The summed E-state index contributed by atoms with van der Waals surface area (Å²) in [6, 6.07) is 45.5. The van der Waals surface area contributed by atoms with E-state index in [0.29, 0.717) is 23.4 Å². The molecule has 5 aromatic rings. The van der Waals surface area contributed by atoms with E-state index in [2.05, 4.69) is 103 Å². The molecule has 5 rings (SSSR count). The van der Waals surface area contributed by atoms with Crippen LogP contribution in [-0.4, -0.2) is 17.6 Å². The van der Waals surface area contributed by atoms with Crippen LogP contribution in [0.25, 0.3) is 0 Å². The first kappa shape index (κ1) is 31.9. The van der Waals surface area contributed by atoms with E-state index in [9.17, 15) is 9.90 Å². The van der Waals surface area contributed by atoms with Gasteiger partial charge in [0.1, 0.15) is 17.1 Å². The number of nitrogen functional groups attached to an aromatic ring is 1. The Balaban J connectivity index is 0.000000238. The number of carbonyl (C=O) groups is 1. The van der Waals surface area contributed by atoms with Gasteiger partial charge in [0.25, 0.3) is 0 Å². The molecule has 4 N–H and O–H groups in total. The van der Waals surface area contributed by atoms with Crippen LogP contribution in [-0.2, 0) is 0 Å². The molecular formula is C36H37ClN2O3. The SMILES string of the molecule is CC(NCCC(c1ccccc1)c1ccccc1)c1ccccc1.Cl.Nc1ccc(C(=O)Oc2ccccc2)c(O)c1. The third-order valence-corrected chi connectivity index (χ3v) is 6.78. The van der Waals surface area contributed by atoms with Crippen molar-refractivity contribution in [3.8, 4) is 11.5 Å². The number of aromatic hydroxyl groups is 1. The molecule has 42 heavy (non-hydrogen) atoms. The number of rotatable bonds is 9. The van der Waals surface area contributed by atoms with Crippen molar-refractivity contribution >= 4 is 24.1 Å². The molecular weight excluding hydrogens is 544 g/mol. The number of halogens is 1. The maximum Gasteiger partial charge on any atom is 0.347 e. The largest absolute Gasteiger partial charge is 0.507 e. The normalized spacial score (nSPS) is 11.0. The smallest absolute Gasteiger partial charge is 0.347 e. The average molecular weight is 581 g/mol. The van der Waals surface area contributed by atoms with Crippen LogP contribution >= 0.6 is 12.4 Å². The van der Waals surface area contributed by atoms with Gasteiger partial charge >= 0.3 is 5.97 Å². The molecule has 0 aromatic heterocycles. The molecule has 0 fully saturated rings. The van der Waals surface area contributed by atoms with E-state index in [0.717, 1.165) is 13.0 Å². The fraction of sp³-hybridized carbons (Fsp3) is 0.139. The maximum absolute atomic E-state index is 11.7. The van der Waals surface area contributed by atoms with Gasteiger partial charge in [-0.15, -0.1) is 12.4 Å². The molecule has 0 aliphatic carbocycles. The number of esters is 1. The summed E-state index contributed by atoms with van der Waals surface area (Å²) in [7, 11) is 0. The van der Waals surface area contributed by atoms with Crippen molar-refractivity contribution in [2.75, 3.05) is 12.3 Å². The molecule has 5 nitrogen and oxygen atoms in total. The summed E-state index contributed by atoms with van der Waals surface area (Å²) in [5.41, 5.74) is 10.1. The van der Waals surface area contributed by atoms with Crippen molar-refractivity contribution in [2.24, 2.45) is 0 Å². The molecule has 0 spiro atoms. The van der Waals surface area contributed by atoms with E-state index < -0.39 is 5.97 Å². The summed E-state index contributed by atoms with van der Waals surface area (Å²) in [6.07, 6.45) is 1.09. The zero-order valence-electron chi connectivity index (χ0n) is 23.6. The molecule has 1 unspecified atom stereocenters. The van der Waals surface area contributed by atoms with Crippen molar-refractivity contribution in [2.45, 2.75) is 25.3 Å². The molecule has 1 atom stereocenters. The van der Waals surface area contributed by atoms with E-state index in [4.69, 9.17) is 10.5 Å². The van der Waals surface area contributed by atoms with E-state index in [1.54, 1.807) is 24.3 Å². The van der Waals surface area contributed by atoms with Crippen LogP contribution in [0.15, 0.2) is 140 Å². The van der Waals surface area contributed by atoms with Gasteiger partial charge in [-0.3, -0.25) is 0 Å². The number of phenols is 1. The van der Waals surface area contributed by atoms with Crippen molar-refractivity contribution in [3.05, 3.63) is 162 Å². The standard InChI is InChI=1S/C23H25N.C13H11NO3.ClH/c1-19(20-11-5-2-6-12-20)24-18-17-23(21-13-7-3-8-14-21)22-15-9-4-10-16-22;14-9-6-7-11(12(15)8-9)13(16)17-10-4-2-1-3-5-10;/h2-16,19,23-24H,17-18H2,1H3;1-8,15H,14H2;1H. The third kappa shape index (κ3) is 9.51. The number of hydrogen-bond acceptors (Lipinski definition) is 5. The minimum Gasteiger partial charge on any atom is -0.507 e. The lowest BCUT2D eigenvalue weighted by Gasteiger charge is -2.20. The lowest BCUT2D eigenvalue weighted by molar-refractivity contribution is 0.0731. The predicted octanol–water partition coefficient (Wildman–Crippen LogP) is 8.17. The van der Waals surface area contributed by atoms with E-state index in [1.165, 1.54) is 34.9 Å². The number of nitrogens with one attached hydrogen (secondary N) is 1. The van der Waals surface area contributed by atoms with Crippen molar-refractivity contribution in [3.63, 3.8) is 0 Å². The monoisotopic (exact) mass is 580 g/mol. The highest BCUT2D eigenvalue weighted by atomic mass is 35.5. The van der Waals surface area contributed by atoms with Gasteiger partial charge in [-0.25, -0.2) is 4.79 Å². The molecule has 216 valence electrons. The zero-order chi connectivity index (χ0) is 28.9.